The molecule has 4 rings (SSSR count). The maximum absolute atomic E-state index is 13.6. The third-order valence-electron chi connectivity index (χ3n) is 6.22. The van der Waals surface area contributed by atoms with Gasteiger partial charge < -0.3 is 5.32 Å². The normalized spacial score (nSPS) is 11.7. The highest BCUT2D eigenvalue weighted by Gasteiger charge is 2.27. The van der Waals surface area contributed by atoms with Gasteiger partial charge in [0, 0.05) is 11.4 Å². The van der Waals surface area contributed by atoms with Crippen molar-refractivity contribution in [3.8, 4) is 0 Å². The lowest BCUT2D eigenvalue weighted by atomic mass is 10.0. The highest BCUT2D eigenvalue weighted by molar-refractivity contribution is 7.93. The first-order valence-electron chi connectivity index (χ1n) is 12.6. The van der Waals surface area contributed by atoms with Gasteiger partial charge >= 0.3 is 0 Å². The molecule has 0 atom stereocenters. The maximum Gasteiger partial charge on any atom is 0.264 e. The van der Waals surface area contributed by atoms with E-state index in [9.17, 15) is 21.6 Å². The molecule has 0 saturated carbocycles. The minimum Gasteiger partial charge on any atom is -0.325 e. The Labute approximate surface area is 235 Å². The van der Waals surface area contributed by atoms with Crippen molar-refractivity contribution in [2.75, 3.05) is 20.9 Å². The van der Waals surface area contributed by atoms with Gasteiger partial charge in [-0.05, 0) is 79.1 Å². The molecule has 0 aliphatic heterocycles. The standard InChI is InChI=1S/C30H31N3O5S2/c1-22(2)24-11-15-27(16-12-24)33(40(37,38)29-17-9-23(3)10-18-29)21-30(34)31-25-13-19-28(20-14-25)39(35,36)32-26-7-5-4-6-8-26/h4-20,22,32H,21H2,1-3H3,(H,31,34). The van der Waals surface area contributed by atoms with Gasteiger partial charge in [0.05, 0.1) is 15.5 Å². The summed E-state index contributed by atoms with van der Waals surface area (Å²) in [5.41, 5.74) is 3.06. The largest absolute Gasteiger partial charge is 0.325 e. The Kier molecular flexibility index (Phi) is 8.61. The lowest BCUT2D eigenvalue weighted by molar-refractivity contribution is -0.114. The average molecular weight is 578 g/mol. The Bertz CT molecular complexity index is 1670. The summed E-state index contributed by atoms with van der Waals surface area (Å²) >= 11 is 0. The molecule has 1 amide bonds. The molecule has 4 aromatic rings. The van der Waals surface area contributed by atoms with Gasteiger partial charge in [0.2, 0.25) is 5.91 Å². The molecule has 8 nitrogen and oxygen atoms in total. The second-order valence-corrected chi connectivity index (χ2v) is 13.2. The third-order valence-corrected chi connectivity index (χ3v) is 9.40. The van der Waals surface area contributed by atoms with Crippen molar-refractivity contribution in [1.82, 2.24) is 0 Å². The van der Waals surface area contributed by atoms with Crippen molar-refractivity contribution < 1.29 is 21.6 Å². The van der Waals surface area contributed by atoms with E-state index in [1.165, 1.54) is 36.4 Å². The molecule has 40 heavy (non-hydrogen) atoms. The highest BCUT2D eigenvalue weighted by atomic mass is 32.2. The van der Waals surface area contributed by atoms with Crippen LogP contribution in [0.1, 0.15) is 30.9 Å². The summed E-state index contributed by atoms with van der Waals surface area (Å²) in [5, 5.41) is 2.67. The fourth-order valence-corrected chi connectivity index (χ4v) is 6.43. The van der Waals surface area contributed by atoms with Crippen LogP contribution in [0.4, 0.5) is 17.1 Å². The fraction of sp³-hybridized carbons (Fsp3) is 0.167. The van der Waals surface area contributed by atoms with E-state index in [-0.39, 0.29) is 15.7 Å². The minimum atomic E-state index is -4.06. The number of para-hydroxylation sites is 1. The first kappa shape index (κ1) is 28.8. The molecular formula is C30H31N3O5S2. The van der Waals surface area contributed by atoms with Crippen LogP contribution in [0.25, 0.3) is 0 Å². The van der Waals surface area contributed by atoms with E-state index in [1.54, 1.807) is 54.6 Å². The number of rotatable bonds is 10. The van der Waals surface area contributed by atoms with Crippen LogP contribution in [-0.2, 0) is 24.8 Å². The van der Waals surface area contributed by atoms with Gasteiger partial charge in [-0.25, -0.2) is 16.8 Å². The van der Waals surface area contributed by atoms with E-state index in [0.717, 1.165) is 15.4 Å². The van der Waals surface area contributed by atoms with E-state index in [0.29, 0.717) is 17.1 Å². The van der Waals surface area contributed by atoms with Crippen molar-refractivity contribution in [3.63, 3.8) is 0 Å². The summed E-state index contributed by atoms with van der Waals surface area (Å²) in [6.45, 7) is 5.46. The lowest BCUT2D eigenvalue weighted by Crippen LogP contribution is -2.38. The molecule has 0 spiro atoms. The van der Waals surface area contributed by atoms with E-state index in [1.807, 2.05) is 32.9 Å². The minimum absolute atomic E-state index is 0.0168. The van der Waals surface area contributed by atoms with Crippen LogP contribution < -0.4 is 14.3 Å². The molecular weight excluding hydrogens is 546 g/mol. The maximum atomic E-state index is 13.6. The Balaban J connectivity index is 1.55. The molecule has 0 bridgehead atoms. The number of nitrogens with one attached hydrogen (secondary N) is 2. The molecule has 0 unspecified atom stereocenters. The average Bonchev–Trinajstić information content (AvgIpc) is 2.92. The highest BCUT2D eigenvalue weighted by Crippen LogP contribution is 2.26. The zero-order valence-electron chi connectivity index (χ0n) is 22.4. The quantitative estimate of drug-likeness (QED) is 0.249. The number of carbonyl (C=O) groups is 1. The number of hydrogen-bond acceptors (Lipinski definition) is 5. The van der Waals surface area contributed by atoms with Crippen molar-refractivity contribution in [3.05, 3.63) is 114 Å². The first-order valence-corrected chi connectivity index (χ1v) is 15.6. The van der Waals surface area contributed by atoms with Crippen LogP contribution in [-0.4, -0.2) is 29.3 Å². The summed E-state index contributed by atoms with van der Waals surface area (Å²) in [6, 6.07) is 27.6. The molecule has 0 fully saturated rings. The van der Waals surface area contributed by atoms with E-state index >= 15 is 0 Å². The van der Waals surface area contributed by atoms with Crippen LogP contribution >= 0.6 is 0 Å². The van der Waals surface area contributed by atoms with Crippen LogP contribution in [0.2, 0.25) is 0 Å². The molecule has 0 aliphatic rings. The molecule has 4 aromatic carbocycles. The smallest absolute Gasteiger partial charge is 0.264 e. The van der Waals surface area contributed by atoms with Gasteiger partial charge in [-0.15, -0.1) is 0 Å². The van der Waals surface area contributed by atoms with Gasteiger partial charge in [-0.3, -0.25) is 13.8 Å². The number of benzene rings is 4. The summed E-state index contributed by atoms with van der Waals surface area (Å²) < 4.78 is 56.2. The van der Waals surface area contributed by atoms with E-state index < -0.39 is 32.5 Å². The molecule has 208 valence electrons. The Morgan fingerprint density at radius 3 is 1.88 bits per heavy atom. The van der Waals surface area contributed by atoms with Crippen LogP contribution in [0.15, 0.2) is 113 Å². The Hall–Kier alpha value is -4.15. The molecule has 0 aromatic heterocycles. The number of amides is 1. The zero-order chi connectivity index (χ0) is 28.9. The fourth-order valence-electron chi connectivity index (χ4n) is 3.95. The lowest BCUT2D eigenvalue weighted by Gasteiger charge is -2.24. The topological polar surface area (TPSA) is 113 Å². The van der Waals surface area contributed by atoms with Crippen LogP contribution in [0.5, 0.6) is 0 Å². The SMILES string of the molecule is Cc1ccc(S(=O)(=O)N(CC(=O)Nc2ccc(S(=O)(=O)Nc3ccccc3)cc2)c2ccc(C(C)C)cc2)cc1. The van der Waals surface area contributed by atoms with Crippen molar-refractivity contribution in [2.24, 2.45) is 0 Å². The Morgan fingerprint density at radius 2 is 1.30 bits per heavy atom. The number of carbonyl (C=O) groups excluding carboxylic acids is 1. The predicted octanol–water partition coefficient (Wildman–Crippen LogP) is 5.75. The summed E-state index contributed by atoms with van der Waals surface area (Å²) in [5.74, 6) is -0.323. The molecule has 10 heteroatoms. The van der Waals surface area contributed by atoms with Crippen LogP contribution in [0.3, 0.4) is 0 Å². The van der Waals surface area contributed by atoms with E-state index in [2.05, 4.69) is 10.0 Å². The van der Waals surface area contributed by atoms with Gasteiger partial charge in [0.15, 0.2) is 0 Å². The van der Waals surface area contributed by atoms with Gasteiger partial charge in [-0.2, -0.15) is 0 Å². The summed E-state index contributed by atoms with van der Waals surface area (Å²) in [4.78, 5) is 13.2. The monoisotopic (exact) mass is 577 g/mol. The molecule has 2 N–H and O–H groups in total. The first-order chi connectivity index (χ1) is 19.0. The zero-order valence-corrected chi connectivity index (χ0v) is 24.0. The Morgan fingerprint density at radius 1 is 0.725 bits per heavy atom. The predicted molar refractivity (Wildman–Crippen MR) is 159 cm³/mol. The number of anilines is 3. The summed E-state index contributed by atoms with van der Waals surface area (Å²) in [7, 11) is -7.89. The third kappa shape index (κ3) is 6.88. The van der Waals surface area contributed by atoms with Crippen molar-refractivity contribution in [1.29, 1.82) is 0 Å². The van der Waals surface area contributed by atoms with Crippen LogP contribution in [0, 0.1) is 6.92 Å². The van der Waals surface area contributed by atoms with Crippen molar-refractivity contribution in [2.45, 2.75) is 36.5 Å². The molecule has 0 saturated heterocycles. The number of aryl methyl sites for hydroxylation is 1. The molecule has 0 heterocycles. The number of hydrogen-bond donors (Lipinski definition) is 2. The van der Waals surface area contributed by atoms with Crippen molar-refractivity contribution >= 4 is 43.0 Å². The van der Waals surface area contributed by atoms with Gasteiger partial charge in [0.1, 0.15) is 6.54 Å². The number of sulfonamides is 2. The van der Waals surface area contributed by atoms with Gasteiger partial charge in [0.25, 0.3) is 20.0 Å². The second-order valence-electron chi connectivity index (χ2n) is 9.62. The van der Waals surface area contributed by atoms with E-state index in [4.69, 9.17) is 0 Å². The number of nitrogens with zero attached hydrogens (tertiary/aromatic N) is 1. The molecule has 0 radical (unpaired) electrons. The molecule has 0 aliphatic carbocycles. The summed E-state index contributed by atoms with van der Waals surface area (Å²) in [6.07, 6.45) is 0. The van der Waals surface area contributed by atoms with Gasteiger partial charge in [-0.1, -0.05) is 61.9 Å². The second kappa shape index (κ2) is 11.9.